The summed E-state index contributed by atoms with van der Waals surface area (Å²) in [6.07, 6.45) is 1.30. The first kappa shape index (κ1) is 12.7. The van der Waals surface area contributed by atoms with E-state index in [0.29, 0.717) is 5.56 Å². The standard InChI is InChI=1S/C13H9FN2O3/c14-10-3-1-2-4-11(10)15-8-9-5-6-13(17)12(7-9)16(18)19/h1-8,17H. The van der Waals surface area contributed by atoms with Gasteiger partial charge in [-0.15, -0.1) is 0 Å². The lowest BCUT2D eigenvalue weighted by atomic mass is 10.2. The number of phenols is 1. The highest BCUT2D eigenvalue weighted by atomic mass is 19.1. The fourth-order valence-corrected chi connectivity index (χ4v) is 1.47. The van der Waals surface area contributed by atoms with Crippen LogP contribution in [0.25, 0.3) is 0 Å². The molecule has 0 fully saturated rings. The van der Waals surface area contributed by atoms with E-state index in [9.17, 15) is 19.6 Å². The average molecular weight is 260 g/mol. The molecule has 0 bridgehead atoms. The van der Waals surface area contributed by atoms with Gasteiger partial charge < -0.3 is 5.11 Å². The molecular formula is C13H9FN2O3. The summed E-state index contributed by atoms with van der Waals surface area (Å²) in [5.41, 5.74) is 0.114. The number of nitro groups is 1. The number of aromatic hydroxyl groups is 1. The van der Waals surface area contributed by atoms with Crippen molar-refractivity contribution in [2.75, 3.05) is 0 Å². The third-order valence-corrected chi connectivity index (χ3v) is 2.40. The van der Waals surface area contributed by atoms with Gasteiger partial charge in [-0.25, -0.2) is 4.39 Å². The summed E-state index contributed by atoms with van der Waals surface area (Å²) in [6.45, 7) is 0. The van der Waals surface area contributed by atoms with Gasteiger partial charge in [0.05, 0.1) is 10.6 Å². The second kappa shape index (κ2) is 5.26. The largest absolute Gasteiger partial charge is 0.502 e. The number of phenolic OH excluding ortho intramolecular Hbond substituents is 1. The second-order valence-electron chi connectivity index (χ2n) is 3.71. The molecule has 0 atom stereocenters. The number of nitrogens with zero attached hydrogens (tertiary/aromatic N) is 2. The van der Waals surface area contributed by atoms with Crippen LogP contribution in [0.15, 0.2) is 47.5 Å². The molecule has 6 heteroatoms. The maximum absolute atomic E-state index is 13.3. The minimum atomic E-state index is -0.699. The van der Waals surface area contributed by atoms with E-state index in [1.165, 1.54) is 36.5 Å². The van der Waals surface area contributed by atoms with Gasteiger partial charge in [0.1, 0.15) is 5.82 Å². The molecule has 0 amide bonds. The molecule has 19 heavy (non-hydrogen) atoms. The number of rotatable bonds is 3. The van der Waals surface area contributed by atoms with Gasteiger partial charge in [-0.3, -0.25) is 15.1 Å². The lowest BCUT2D eigenvalue weighted by Gasteiger charge is -1.98. The summed E-state index contributed by atoms with van der Waals surface area (Å²) in [4.78, 5) is 13.8. The topological polar surface area (TPSA) is 75.7 Å². The molecule has 5 nitrogen and oxygen atoms in total. The SMILES string of the molecule is O=[N+]([O-])c1cc(C=Nc2ccccc2F)ccc1O. The smallest absolute Gasteiger partial charge is 0.311 e. The molecule has 96 valence electrons. The van der Waals surface area contributed by atoms with Crippen LogP contribution in [0.3, 0.4) is 0 Å². The molecule has 2 aromatic rings. The molecule has 0 aliphatic rings. The Bertz CT molecular complexity index is 656. The quantitative estimate of drug-likeness (QED) is 0.523. The van der Waals surface area contributed by atoms with E-state index in [2.05, 4.69) is 4.99 Å². The van der Waals surface area contributed by atoms with Crippen LogP contribution in [0.5, 0.6) is 5.75 Å². The first-order chi connectivity index (χ1) is 9.08. The lowest BCUT2D eigenvalue weighted by Crippen LogP contribution is -1.90. The normalized spacial score (nSPS) is 10.8. The highest BCUT2D eigenvalue weighted by Gasteiger charge is 2.12. The molecule has 0 aliphatic heterocycles. The predicted molar refractivity (Wildman–Crippen MR) is 68.4 cm³/mol. The third-order valence-electron chi connectivity index (χ3n) is 2.40. The van der Waals surface area contributed by atoms with Gasteiger partial charge in [0.2, 0.25) is 0 Å². The maximum Gasteiger partial charge on any atom is 0.311 e. The zero-order valence-electron chi connectivity index (χ0n) is 9.65. The average Bonchev–Trinajstić information content (AvgIpc) is 2.39. The number of para-hydroxylation sites is 1. The van der Waals surface area contributed by atoms with E-state index in [0.717, 1.165) is 0 Å². The van der Waals surface area contributed by atoms with Crippen LogP contribution in [0.2, 0.25) is 0 Å². The summed E-state index contributed by atoms with van der Waals surface area (Å²) in [6, 6.07) is 9.74. The Hall–Kier alpha value is -2.76. The van der Waals surface area contributed by atoms with Crippen LogP contribution in [-0.2, 0) is 0 Å². The molecule has 1 N–H and O–H groups in total. The Kier molecular flexibility index (Phi) is 3.51. The van der Waals surface area contributed by atoms with Gasteiger partial charge in [0.25, 0.3) is 0 Å². The Labute approximate surface area is 107 Å². The van der Waals surface area contributed by atoms with E-state index in [-0.39, 0.29) is 5.69 Å². The molecular weight excluding hydrogens is 251 g/mol. The van der Waals surface area contributed by atoms with Gasteiger partial charge in [-0.05, 0) is 29.8 Å². The van der Waals surface area contributed by atoms with Crippen molar-refractivity contribution in [3.05, 3.63) is 64.0 Å². The van der Waals surface area contributed by atoms with Crippen molar-refractivity contribution in [1.29, 1.82) is 0 Å². The van der Waals surface area contributed by atoms with Crippen LogP contribution >= 0.6 is 0 Å². The van der Waals surface area contributed by atoms with Gasteiger partial charge in [0.15, 0.2) is 5.75 Å². The molecule has 0 saturated heterocycles. The van der Waals surface area contributed by atoms with Crippen LogP contribution < -0.4 is 0 Å². The minimum Gasteiger partial charge on any atom is -0.502 e. The van der Waals surface area contributed by atoms with Crippen molar-refractivity contribution in [3.63, 3.8) is 0 Å². The summed E-state index contributed by atoms with van der Waals surface area (Å²) in [7, 11) is 0. The Balaban J connectivity index is 2.32. The van der Waals surface area contributed by atoms with Gasteiger partial charge in [-0.2, -0.15) is 0 Å². The van der Waals surface area contributed by atoms with E-state index in [1.54, 1.807) is 12.1 Å². The molecule has 0 spiro atoms. The van der Waals surface area contributed by atoms with Crippen molar-refractivity contribution < 1.29 is 14.4 Å². The zero-order chi connectivity index (χ0) is 13.8. The number of hydrogen-bond donors (Lipinski definition) is 1. The van der Waals surface area contributed by atoms with Crippen molar-refractivity contribution in [2.45, 2.75) is 0 Å². The van der Waals surface area contributed by atoms with Crippen LogP contribution in [0.1, 0.15) is 5.56 Å². The highest BCUT2D eigenvalue weighted by molar-refractivity contribution is 5.83. The number of benzene rings is 2. The van der Waals surface area contributed by atoms with Crippen molar-refractivity contribution in [2.24, 2.45) is 4.99 Å². The molecule has 0 aromatic heterocycles. The van der Waals surface area contributed by atoms with Crippen molar-refractivity contribution in [3.8, 4) is 5.75 Å². The van der Waals surface area contributed by atoms with E-state index >= 15 is 0 Å². The molecule has 2 aromatic carbocycles. The monoisotopic (exact) mass is 260 g/mol. The fraction of sp³-hybridized carbons (Fsp3) is 0. The third kappa shape index (κ3) is 2.92. The molecule has 0 heterocycles. The lowest BCUT2D eigenvalue weighted by molar-refractivity contribution is -0.385. The van der Waals surface area contributed by atoms with Crippen LogP contribution in [0, 0.1) is 15.9 Å². The Morgan fingerprint density at radius 2 is 2.00 bits per heavy atom. The minimum absolute atomic E-state index is 0.137. The van der Waals surface area contributed by atoms with Gasteiger partial charge >= 0.3 is 5.69 Å². The fourth-order valence-electron chi connectivity index (χ4n) is 1.47. The highest BCUT2D eigenvalue weighted by Crippen LogP contribution is 2.26. The molecule has 0 saturated carbocycles. The number of hydrogen-bond acceptors (Lipinski definition) is 4. The maximum atomic E-state index is 13.3. The van der Waals surface area contributed by atoms with E-state index < -0.39 is 22.2 Å². The molecule has 0 aliphatic carbocycles. The summed E-state index contributed by atoms with van der Waals surface area (Å²) < 4.78 is 13.3. The number of halogens is 1. The number of aliphatic imine (C=N–C) groups is 1. The van der Waals surface area contributed by atoms with Crippen LogP contribution in [-0.4, -0.2) is 16.2 Å². The van der Waals surface area contributed by atoms with Gasteiger partial charge in [-0.1, -0.05) is 12.1 Å². The van der Waals surface area contributed by atoms with Crippen molar-refractivity contribution >= 4 is 17.6 Å². The molecule has 2 rings (SSSR count). The Morgan fingerprint density at radius 1 is 1.26 bits per heavy atom. The Morgan fingerprint density at radius 3 is 2.68 bits per heavy atom. The van der Waals surface area contributed by atoms with E-state index in [1.807, 2.05) is 0 Å². The van der Waals surface area contributed by atoms with Gasteiger partial charge in [0, 0.05) is 12.3 Å². The second-order valence-corrected chi connectivity index (χ2v) is 3.71. The molecule has 0 radical (unpaired) electrons. The van der Waals surface area contributed by atoms with Crippen molar-refractivity contribution in [1.82, 2.24) is 0 Å². The summed E-state index contributed by atoms with van der Waals surface area (Å²) in [5.74, 6) is -0.903. The van der Waals surface area contributed by atoms with Crippen LogP contribution in [0.4, 0.5) is 15.8 Å². The number of nitro benzene ring substituents is 1. The van der Waals surface area contributed by atoms with E-state index in [4.69, 9.17) is 0 Å². The first-order valence-corrected chi connectivity index (χ1v) is 5.34. The summed E-state index contributed by atoms with van der Waals surface area (Å²) >= 11 is 0. The zero-order valence-corrected chi connectivity index (χ0v) is 9.65. The summed E-state index contributed by atoms with van der Waals surface area (Å²) in [5, 5.41) is 19.9. The first-order valence-electron chi connectivity index (χ1n) is 5.34. The predicted octanol–water partition coefficient (Wildman–Crippen LogP) is 3.19. The molecule has 0 unspecified atom stereocenters.